The van der Waals surface area contributed by atoms with E-state index in [0.29, 0.717) is 5.92 Å². The number of benzene rings is 7. The predicted octanol–water partition coefficient (Wildman–Crippen LogP) is 12.9. The van der Waals surface area contributed by atoms with E-state index in [-0.39, 0.29) is 6.04 Å². The van der Waals surface area contributed by atoms with Crippen LogP contribution in [0.2, 0.25) is 0 Å². The van der Waals surface area contributed by atoms with Gasteiger partial charge in [0, 0.05) is 34.4 Å². The van der Waals surface area contributed by atoms with E-state index in [0.717, 1.165) is 17.1 Å². The Balaban J connectivity index is 1.06. The van der Waals surface area contributed by atoms with Crippen molar-refractivity contribution in [3.63, 3.8) is 0 Å². The average molecular weight is 641 g/mol. The van der Waals surface area contributed by atoms with E-state index in [1.807, 2.05) is 0 Å². The fraction of sp³-hybridized carbons (Fsp3) is 0.0417. The molecular formula is C48H36N2. The van der Waals surface area contributed by atoms with Gasteiger partial charge in [-0.1, -0.05) is 152 Å². The highest BCUT2D eigenvalue weighted by Gasteiger charge is 2.37. The smallest absolute Gasteiger partial charge is 0.0629 e. The van der Waals surface area contributed by atoms with Crippen LogP contribution in [0.4, 0.5) is 28.4 Å². The summed E-state index contributed by atoms with van der Waals surface area (Å²) >= 11 is 0. The van der Waals surface area contributed by atoms with Crippen LogP contribution in [0.5, 0.6) is 0 Å². The Morgan fingerprint density at radius 2 is 0.840 bits per heavy atom. The highest BCUT2D eigenvalue weighted by atomic mass is 15.2. The molecule has 0 saturated carbocycles. The van der Waals surface area contributed by atoms with Crippen LogP contribution in [-0.2, 0) is 0 Å². The summed E-state index contributed by atoms with van der Waals surface area (Å²) in [7, 11) is 0. The number of para-hydroxylation sites is 1. The van der Waals surface area contributed by atoms with Crippen molar-refractivity contribution in [2.75, 3.05) is 9.80 Å². The topological polar surface area (TPSA) is 6.48 Å². The van der Waals surface area contributed by atoms with Crippen LogP contribution in [-0.4, -0.2) is 6.04 Å². The normalized spacial score (nSPS) is 15.8. The van der Waals surface area contributed by atoms with E-state index < -0.39 is 0 Å². The standard InChI is InChI=1S/C48H36N2/c1-3-12-35(13-4-1)37-22-28-41(29-23-37)49(42-30-24-38(25-31-42)36-14-5-2-6-15-36)43-32-26-39(27-33-43)40-16-11-17-44(34-40)50-47-20-9-7-18-45(47)46-19-8-10-21-48(46)50/h1-34,45,47H. The zero-order chi connectivity index (χ0) is 33.3. The molecule has 0 saturated heterocycles. The van der Waals surface area contributed by atoms with Gasteiger partial charge in [0.05, 0.1) is 6.04 Å². The van der Waals surface area contributed by atoms with Crippen molar-refractivity contribution in [1.82, 2.24) is 0 Å². The van der Waals surface area contributed by atoms with E-state index >= 15 is 0 Å². The van der Waals surface area contributed by atoms with E-state index in [4.69, 9.17) is 0 Å². The maximum atomic E-state index is 2.50. The van der Waals surface area contributed by atoms with Crippen molar-refractivity contribution in [2.45, 2.75) is 12.0 Å². The summed E-state index contributed by atoms with van der Waals surface area (Å²) in [5.41, 5.74) is 14.5. The monoisotopic (exact) mass is 640 g/mol. The Bertz CT molecular complexity index is 2220. The number of allylic oxidation sites excluding steroid dienone is 2. The summed E-state index contributed by atoms with van der Waals surface area (Å²) in [6.07, 6.45) is 9.03. The predicted molar refractivity (Wildman–Crippen MR) is 211 cm³/mol. The van der Waals surface area contributed by atoms with Crippen LogP contribution >= 0.6 is 0 Å². The third-order valence-electron chi connectivity index (χ3n) is 10.0. The highest BCUT2D eigenvalue weighted by Crippen LogP contribution is 2.48. The molecule has 238 valence electrons. The molecule has 0 amide bonds. The van der Waals surface area contributed by atoms with Gasteiger partial charge in [-0.25, -0.2) is 0 Å². The lowest BCUT2D eigenvalue weighted by molar-refractivity contribution is 0.745. The summed E-state index contributed by atoms with van der Waals surface area (Å²) in [6, 6.07) is 66.0. The SMILES string of the molecule is C1=CC2c3ccccc3N(c3cccc(-c4ccc(N(c5ccc(-c6ccccc6)cc5)c5ccc(-c6ccccc6)cc5)cc4)c3)C2C=C1. The third kappa shape index (κ3) is 5.51. The van der Waals surface area contributed by atoms with Crippen LogP contribution in [0.3, 0.4) is 0 Å². The van der Waals surface area contributed by atoms with Crippen molar-refractivity contribution in [1.29, 1.82) is 0 Å². The maximum absolute atomic E-state index is 2.50. The zero-order valence-electron chi connectivity index (χ0n) is 27.7. The Morgan fingerprint density at radius 1 is 0.380 bits per heavy atom. The lowest BCUT2D eigenvalue weighted by atomic mass is 9.91. The molecule has 9 rings (SSSR count). The van der Waals surface area contributed by atoms with E-state index in [1.54, 1.807) is 0 Å². The molecule has 0 N–H and O–H groups in total. The fourth-order valence-corrected chi connectivity index (χ4v) is 7.54. The van der Waals surface area contributed by atoms with Gasteiger partial charge in [0.1, 0.15) is 0 Å². The second-order valence-corrected chi connectivity index (χ2v) is 13.0. The number of rotatable bonds is 7. The zero-order valence-corrected chi connectivity index (χ0v) is 27.7. The van der Waals surface area contributed by atoms with Crippen molar-refractivity contribution in [3.05, 3.63) is 212 Å². The van der Waals surface area contributed by atoms with Gasteiger partial charge in [0.2, 0.25) is 0 Å². The van der Waals surface area contributed by atoms with Crippen molar-refractivity contribution < 1.29 is 0 Å². The number of nitrogens with zero attached hydrogens (tertiary/aromatic N) is 2. The van der Waals surface area contributed by atoms with Crippen molar-refractivity contribution >= 4 is 28.4 Å². The Morgan fingerprint density at radius 3 is 1.42 bits per heavy atom. The summed E-state index contributed by atoms with van der Waals surface area (Å²) in [5, 5.41) is 0. The van der Waals surface area contributed by atoms with Crippen molar-refractivity contribution in [3.8, 4) is 33.4 Å². The molecule has 0 aromatic heterocycles. The third-order valence-corrected chi connectivity index (χ3v) is 10.0. The molecular weight excluding hydrogens is 605 g/mol. The van der Waals surface area contributed by atoms with Crippen LogP contribution in [0.1, 0.15) is 11.5 Å². The van der Waals surface area contributed by atoms with Gasteiger partial charge in [-0.2, -0.15) is 0 Å². The summed E-state index contributed by atoms with van der Waals surface area (Å²) in [4.78, 5) is 4.84. The van der Waals surface area contributed by atoms with Crippen LogP contribution < -0.4 is 9.80 Å². The molecule has 0 fully saturated rings. The number of anilines is 5. The average Bonchev–Trinajstić information content (AvgIpc) is 3.54. The van der Waals surface area contributed by atoms with Crippen molar-refractivity contribution in [2.24, 2.45) is 0 Å². The van der Waals surface area contributed by atoms with E-state index in [9.17, 15) is 0 Å². The van der Waals surface area contributed by atoms with Crippen LogP contribution in [0.25, 0.3) is 33.4 Å². The van der Waals surface area contributed by atoms with Gasteiger partial charge in [-0.3, -0.25) is 0 Å². The van der Waals surface area contributed by atoms with Crippen LogP contribution in [0.15, 0.2) is 206 Å². The van der Waals surface area contributed by atoms with E-state index in [1.165, 1.54) is 50.3 Å². The highest BCUT2D eigenvalue weighted by molar-refractivity contribution is 5.82. The number of fused-ring (bicyclic) bond motifs is 3. The number of hydrogen-bond acceptors (Lipinski definition) is 2. The molecule has 2 aliphatic rings. The molecule has 0 radical (unpaired) electrons. The first-order valence-corrected chi connectivity index (χ1v) is 17.3. The molecule has 1 aliphatic carbocycles. The minimum atomic E-state index is 0.283. The molecule has 7 aromatic carbocycles. The van der Waals surface area contributed by atoms with Gasteiger partial charge < -0.3 is 9.80 Å². The molecule has 2 unspecified atom stereocenters. The molecule has 2 heteroatoms. The first kappa shape index (κ1) is 29.7. The van der Waals surface area contributed by atoms with E-state index in [2.05, 4.69) is 216 Å². The molecule has 50 heavy (non-hydrogen) atoms. The minimum absolute atomic E-state index is 0.283. The lowest BCUT2D eigenvalue weighted by Crippen LogP contribution is -2.28. The molecule has 1 aliphatic heterocycles. The second kappa shape index (κ2) is 12.9. The summed E-state index contributed by atoms with van der Waals surface area (Å²) in [6.45, 7) is 0. The van der Waals surface area contributed by atoms with Crippen LogP contribution in [0, 0.1) is 0 Å². The van der Waals surface area contributed by atoms with Gasteiger partial charge in [-0.15, -0.1) is 0 Å². The second-order valence-electron chi connectivity index (χ2n) is 13.0. The Hall–Kier alpha value is -6.38. The van der Waals surface area contributed by atoms with Gasteiger partial charge in [0.15, 0.2) is 0 Å². The molecule has 0 spiro atoms. The van der Waals surface area contributed by atoms with Gasteiger partial charge in [-0.05, 0) is 93.5 Å². The summed E-state index contributed by atoms with van der Waals surface area (Å²) < 4.78 is 0. The van der Waals surface area contributed by atoms with Gasteiger partial charge in [0.25, 0.3) is 0 Å². The Kier molecular flexibility index (Phi) is 7.68. The molecule has 0 bridgehead atoms. The maximum Gasteiger partial charge on any atom is 0.0629 e. The first-order chi connectivity index (χ1) is 24.8. The molecule has 7 aromatic rings. The molecule has 2 atom stereocenters. The van der Waals surface area contributed by atoms with Gasteiger partial charge >= 0.3 is 0 Å². The largest absolute Gasteiger partial charge is 0.333 e. The molecule has 2 nitrogen and oxygen atoms in total. The first-order valence-electron chi connectivity index (χ1n) is 17.3. The lowest BCUT2D eigenvalue weighted by Gasteiger charge is -2.29. The summed E-state index contributed by atoms with van der Waals surface area (Å²) in [5.74, 6) is 0.369. The molecule has 1 heterocycles. The number of hydrogen-bond donors (Lipinski definition) is 0. The quantitative estimate of drug-likeness (QED) is 0.171. The fourth-order valence-electron chi connectivity index (χ4n) is 7.54. The Labute approximate surface area is 294 Å². The minimum Gasteiger partial charge on any atom is -0.333 e.